The molecule has 0 spiro atoms. The van der Waals surface area contributed by atoms with E-state index in [4.69, 9.17) is 9.47 Å². The van der Waals surface area contributed by atoms with Gasteiger partial charge in [0.15, 0.2) is 0 Å². The van der Waals surface area contributed by atoms with Gasteiger partial charge < -0.3 is 20.1 Å². The third kappa shape index (κ3) is 5.75. The first kappa shape index (κ1) is 17.6. The van der Waals surface area contributed by atoms with Gasteiger partial charge in [-0.25, -0.2) is 0 Å². The maximum Gasteiger partial charge on any atom is 0.224 e. The van der Waals surface area contributed by atoms with Gasteiger partial charge in [0.1, 0.15) is 11.5 Å². The third-order valence-electron chi connectivity index (χ3n) is 4.06. The molecule has 1 aliphatic heterocycles. The summed E-state index contributed by atoms with van der Waals surface area (Å²) in [6, 6.07) is 5.48. The smallest absolute Gasteiger partial charge is 0.224 e. The number of amides is 1. The Morgan fingerprint density at radius 3 is 2.74 bits per heavy atom. The van der Waals surface area contributed by atoms with Crippen LogP contribution in [0.4, 0.5) is 5.69 Å². The predicted octanol–water partition coefficient (Wildman–Crippen LogP) is 3.20. The van der Waals surface area contributed by atoms with Gasteiger partial charge in [-0.05, 0) is 64.3 Å². The van der Waals surface area contributed by atoms with Crippen LogP contribution in [0.5, 0.6) is 11.5 Å². The molecule has 23 heavy (non-hydrogen) atoms. The van der Waals surface area contributed by atoms with E-state index in [1.165, 1.54) is 0 Å². The highest BCUT2D eigenvalue weighted by Crippen LogP contribution is 2.30. The average molecular weight is 320 g/mol. The Bertz CT molecular complexity index is 511. The van der Waals surface area contributed by atoms with Crippen molar-refractivity contribution in [2.75, 3.05) is 25.5 Å². The summed E-state index contributed by atoms with van der Waals surface area (Å²) in [6.45, 7) is 6.06. The molecule has 1 fully saturated rings. The molecular weight excluding hydrogens is 292 g/mol. The van der Waals surface area contributed by atoms with Crippen molar-refractivity contribution in [1.29, 1.82) is 0 Å². The molecule has 0 unspecified atom stereocenters. The zero-order valence-electron chi connectivity index (χ0n) is 14.4. The minimum Gasteiger partial charge on any atom is -0.497 e. The van der Waals surface area contributed by atoms with Crippen molar-refractivity contribution >= 4 is 11.6 Å². The summed E-state index contributed by atoms with van der Waals surface area (Å²) in [4.78, 5) is 12.3. The number of nitrogens with one attached hydrogen (secondary N) is 2. The summed E-state index contributed by atoms with van der Waals surface area (Å²) >= 11 is 0. The molecule has 5 nitrogen and oxygen atoms in total. The number of ether oxygens (including phenoxy) is 2. The van der Waals surface area contributed by atoms with Gasteiger partial charge in [0.05, 0.1) is 18.9 Å². The van der Waals surface area contributed by atoms with Crippen LogP contribution in [0.1, 0.15) is 39.5 Å². The fourth-order valence-corrected chi connectivity index (χ4v) is 2.81. The van der Waals surface area contributed by atoms with Gasteiger partial charge in [0.2, 0.25) is 5.91 Å². The van der Waals surface area contributed by atoms with Crippen LogP contribution in [0, 0.1) is 5.92 Å². The lowest BCUT2D eigenvalue weighted by molar-refractivity contribution is -0.116. The third-order valence-corrected chi connectivity index (χ3v) is 4.06. The lowest BCUT2D eigenvalue weighted by atomic mass is 9.93. The highest BCUT2D eigenvalue weighted by molar-refractivity contribution is 5.92. The summed E-state index contributed by atoms with van der Waals surface area (Å²) in [5.41, 5.74) is 0.674. The van der Waals surface area contributed by atoms with Gasteiger partial charge in [-0.3, -0.25) is 4.79 Å². The van der Waals surface area contributed by atoms with Crippen molar-refractivity contribution < 1.29 is 14.3 Å². The lowest BCUT2D eigenvalue weighted by Gasteiger charge is -2.22. The van der Waals surface area contributed by atoms with Crippen LogP contribution in [0.15, 0.2) is 18.2 Å². The van der Waals surface area contributed by atoms with Gasteiger partial charge in [-0.2, -0.15) is 0 Å². The van der Waals surface area contributed by atoms with Gasteiger partial charge in [0.25, 0.3) is 0 Å². The maximum absolute atomic E-state index is 12.3. The monoisotopic (exact) mass is 320 g/mol. The molecule has 0 saturated carbocycles. The van der Waals surface area contributed by atoms with Crippen molar-refractivity contribution in [3.63, 3.8) is 0 Å². The molecule has 0 aromatic heterocycles. The van der Waals surface area contributed by atoms with Crippen LogP contribution >= 0.6 is 0 Å². The SMILES string of the molecule is COc1ccc(OC(C)C)c(NC(=O)CCC2CCNCC2)c1. The van der Waals surface area contributed by atoms with Crippen molar-refractivity contribution in [2.24, 2.45) is 5.92 Å². The molecule has 0 bridgehead atoms. The van der Waals surface area contributed by atoms with Crippen LogP contribution in [-0.2, 0) is 4.79 Å². The lowest BCUT2D eigenvalue weighted by Crippen LogP contribution is -2.28. The van der Waals surface area contributed by atoms with Gasteiger partial charge in [-0.1, -0.05) is 0 Å². The molecule has 1 heterocycles. The van der Waals surface area contributed by atoms with Crippen molar-refractivity contribution in [3.05, 3.63) is 18.2 Å². The number of carbonyl (C=O) groups excluding carboxylic acids is 1. The first-order chi connectivity index (χ1) is 11.1. The minimum atomic E-state index is 0.0328. The van der Waals surface area contributed by atoms with E-state index in [1.807, 2.05) is 26.0 Å². The first-order valence-electron chi connectivity index (χ1n) is 8.43. The summed E-state index contributed by atoms with van der Waals surface area (Å²) < 4.78 is 11.0. The zero-order valence-corrected chi connectivity index (χ0v) is 14.4. The van der Waals surface area contributed by atoms with E-state index in [0.717, 1.165) is 32.4 Å². The summed E-state index contributed by atoms with van der Waals surface area (Å²) in [7, 11) is 1.61. The van der Waals surface area contributed by atoms with Gasteiger partial charge >= 0.3 is 0 Å². The fraction of sp³-hybridized carbons (Fsp3) is 0.611. The molecule has 0 aliphatic carbocycles. The summed E-state index contributed by atoms with van der Waals surface area (Å²) in [5.74, 6) is 2.06. The number of methoxy groups -OCH3 is 1. The molecule has 1 amide bonds. The van der Waals surface area contributed by atoms with Crippen LogP contribution < -0.4 is 20.1 Å². The second-order valence-corrected chi connectivity index (χ2v) is 6.31. The molecule has 5 heteroatoms. The average Bonchev–Trinajstić information content (AvgIpc) is 2.55. The number of hydrogen-bond donors (Lipinski definition) is 2. The van der Waals surface area contributed by atoms with Crippen LogP contribution in [-0.4, -0.2) is 32.2 Å². The molecule has 1 aromatic rings. The van der Waals surface area contributed by atoms with Gasteiger partial charge in [-0.15, -0.1) is 0 Å². The number of piperidine rings is 1. The molecule has 1 aromatic carbocycles. The Labute approximate surface area is 138 Å². The fourth-order valence-electron chi connectivity index (χ4n) is 2.81. The summed E-state index contributed by atoms with van der Waals surface area (Å²) in [6.07, 6.45) is 3.86. The minimum absolute atomic E-state index is 0.0328. The number of hydrogen-bond acceptors (Lipinski definition) is 4. The first-order valence-corrected chi connectivity index (χ1v) is 8.43. The number of anilines is 1. The highest BCUT2D eigenvalue weighted by Gasteiger charge is 2.16. The molecular formula is C18H28N2O3. The van der Waals surface area contributed by atoms with E-state index in [2.05, 4.69) is 10.6 Å². The normalized spacial score (nSPS) is 15.5. The molecule has 1 aliphatic rings. The molecule has 2 N–H and O–H groups in total. The zero-order chi connectivity index (χ0) is 16.7. The number of benzene rings is 1. The molecule has 1 saturated heterocycles. The van der Waals surface area contributed by atoms with E-state index < -0.39 is 0 Å². The topological polar surface area (TPSA) is 59.6 Å². The van der Waals surface area contributed by atoms with E-state index in [-0.39, 0.29) is 12.0 Å². The Morgan fingerprint density at radius 1 is 1.35 bits per heavy atom. The highest BCUT2D eigenvalue weighted by atomic mass is 16.5. The Balaban J connectivity index is 1.94. The van der Waals surface area contributed by atoms with E-state index in [1.54, 1.807) is 13.2 Å². The maximum atomic E-state index is 12.3. The summed E-state index contributed by atoms with van der Waals surface area (Å²) in [5, 5.41) is 6.32. The molecule has 0 radical (unpaired) electrons. The van der Waals surface area contributed by atoms with Crippen molar-refractivity contribution in [2.45, 2.75) is 45.6 Å². The second-order valence-electron chi connectivity index (χ2n) is 6.31. The van der Waals surface area contributed by atoms with Crippen LogP contribution in [0.3, 0.4) is 0 Å². The largest absolute Gasteiger partial charge is 0.497 e. The Morgan fingerprint density at radius 2 is 2.09 bits per heavy atom. The number of rotatable bonds is 7. The van der Waals surface area contributed by atoms with Crippen molar-refractivity contribution in [3.8, 4) is 11.5 Å². The van der Waals surface area contributed by atoms with Gasteiger partial charge in [0, 0.05) is 12.5 Å². The number of carbonyl (C=O) groups is 1. The predicted molar refractivity (Wildman–Crippen MR) is 92.2 cm³/mol. The quantitative estimate of drug-likeness (QED) is 0.810. The Kier molecular flexibility index (Phi) is 6.71. The van der Waals surface area contributed by atoms with E-state index in [9.17, 15) is 4.79 Å². The van der Waals surface area contributed by atoms with Crippen LogP contribution in [0.2, 0.25) is 0 Å². The molecule has 128 valence electrons. The Hall–Kier alpha value is -1.75. The molecule has 2 rings (SSSR count). The molecule has 0 atom stereocenters. The second kappa shape index (κ2) is 8.77. The van der Waals surface area contributed by atoms with Crippen molar-refractivity contribution in [1.82, 2.24) is 5.32 Å². The standard InChI is InChI=1S/C18H28N2O3/c1-13(2)23-17-6-5-15(22-3)12-16(17)20-18(21)7-4-14-8-10-19-11-9-14/h5-6,12-14,19H,4,7-11H2,1-3H3,(H,20,21). The van der Waals surface area contributed by atoms with E-state index in [0.29, 0.717) is 29.5 Å². The van der Waals surface area contributed by atoms with Crippen LogP contribution in [0.25, 0.3) is 0 Å². The van der Waals surface area contributed by atoms with E-state index >= 15 is 0 Å².